The number of rotatable bonds is 7. The molecule has 0 atom stereocenters. The molecule has 0 saturated heterocycles. The van der Waals surface area contributed by atoms with Crippen molar-refractivity contribution in [3.05, 3.63) is 0 Å². The fraction of sp³-hybridized carbons (Fsp3) is 0.957. The summed E-state index contributed by atoms with van der Waals surface area (Å²) in [5, 5.41) is 2.41. The summed E-state index contributed by atoms with van der Waals surface area (Å²) in [6.45, 7) is 2.27. The van der Waals surface area contributed by atoms with E-state index >= 15 is 0 Å². The molecule has 0 bridgehead atoms. The summed E-state index contributed by atoms with van der Waals surface area (Å²) in [6.07, 6.45) is 10.7. The van der Waals surface area contributed by atoms with Gasteiger partial charge in [0, 0.05) is 0 Å². The third-order valence-electron chi connectivity index (χ3n) is 7.70. The van der Waals surface area contributed by atoms with Crippen molar-refractivity contribution in [2.75, 3.05) is 0 Å². The Kier molecular flexibility index (Phi) is 8.44. The van der Waals surface area contributed by atoms with Crippen LogP contribution in [0.3, 0.4) is 0 Å². The molecule has 3 fully saturated rings. The molecule has 3 aliphatic carbocycles. The average Bonchev–Trinajstić information content (AvgIpc) is 2.70. The molecule has 2 nitrogen and oxygen atoms in total. The SMILES string of the molecule is CCCC1CCC(C2CCC(C(F)(F)OC3CCC(N=C=S)CC3)CC2)CC1. The number of hydrogen-bond acceptors (Lipinski definition) is 3. The third-order valence-corrected chi connectivity index (χ3v) is 7.81. The van der Waals surface area contributed by atoms with E-state index in [1.54, 1.807) is 0 Å². The quantitative estimate of drug-likeness (QED) is 0.320. The lowest BCUT2D eigenvalue weighted by Crippen LogP contribution is -2.40. The van der Waals surface area contributed by atoms with E-state index in [2.05, 4.69) is 29.3 Å². The number of halogens is 2. The van der Waals surface area contributed by atoms with Crippen LogP contribution in [0.2, 0.25) is 0 Å². The standard InChI is InChI=1S/C23H37F2NOS/c1-2-3-17-4-6-18(7-5-17)19-8-10-20(11-9-19)23(24,25)27-22-14-12-21(13-15-22)26-16-28/h17-22H,2-15H2,1H3. The van der Waals surface area contributed by atoms with Gasteiger partial charge in [0.05, 0.1) is 23.2 Å². The van der Waals surface area contributed by atoms with Gasteiger partial charge < -0.3 is 4.74 Å². The lowest BCUT2D eigenvalue weighted by molar-refractivity contribution is -0.301. The molecular formula is C23H37F2NOS. The van der Waals surface area contributed by atoms with Crippen LogP contribution in [0.15, 0.2) is 4.99 Å². The zero-order valence-electron chi connectivity index (χ0n) is 17.4. The highest BCUT2D eigenvalue weighted by Crippen LogP contribution is 2.46. The molecule has 0 aromatic heterocycles. The Bertz CT molecular complexity index is 513. The summed E-state index contributed by atoms with van der Waals surface area (Å²) in [5.74, 6) is 1.76. The van der Waals surface area contributed by atoms with E-state index in [4.69, 9.17) is 4.74 Å². The van der Waals surface area contributed by atoms with E-state index < -0.39 is 12.0 Å². The second kappa shape index (κ2) is 10.6. The number of thiocarbonyl (C=S) groups is 1. The molecule has 0 aromatic carbocycles. The van der Waals surface area contributed by atoms with Crippen LogP contribution in [-0.2, 0) is 4.74 Å². The highest BCUT2D eigenvalue weighted by molar-refractivity contribution is 7.78. The van der Waals surface area contributed by atoms with Crippen molar-refractivity contribution in [2.24, 2.45) is 28.7 Å². The van der Waals surface area contributed by atoms with Gasteiger partial charge in [-0.1, -0.05) is 32.6 Å². The molecule has 0 N–H and O–H groups in total. The Morgan fingerprint density at radius 1 is 0.893 bits per heavy atom. The first-order valence-corrected chi connectivity index (χ1v) is 12.0. The minimum absolute atomic E-state index is 0.147. The van der Waals surface area contributed by atoms with Crippen molar-refractivity contribution < 1.29 is 13.5 Å². The average molecular weight is 414 g/mol. The van der Waals surface area contributed by atoms with Gasteiger partial charge >= 0.3 is 6.11 Å². The van der Waals surface area contributed by atoms with Crippen molar-refractivity contribution in [1.29, 1.82) is 0 Å². The normalized spacial score (nSPS) is 37.2. The smallest absolute Gasteiger partial charge is 0.317 e. The summed E-state index contributed by atoms with van der Waals surface area (Å²) >= 11 is 4.64. The van der Waals surface area contributed by atoms with E-state index in [9.17, 15) is 8.78 Å². The lowest BCUT2D eigenvalue weighted by atomic mass is 9.68. The van der Waals surface area contributed by atoms with Crippen molar-refractivity contribution in [2.45, 2.75) is 115 Å². The van der Waals surface area contributed by atoms with Gasteiger partial charge in [0.1, 0.15) is 0 Å². The van der Waals surface area contributed by atoms with E-state index in [0.29, 0.717) is 31.6 Å². The summed E-state index contributed by atoms with van der Waals surface area (Å²) < 4.78 is 34.9. The first kappa shape index (κ1) is 22.3. The fourth-order valence-corrected chi connectivity index (χ4v) is 6.12. The molecule has 3 aliphatic rings. The van der Waals surface area contributed by atoms with Crippen LogP contribution in [0, 0.1) is 23.7 Å². The Hall–Kier alpha value is -0.380. The van der Waals surface area contributed by atoms with Gasteiger partial charge in [-0.05, 0) is 94.2 Å². The Morgan fingerprint density at radius 3 is 2.00 bits per heavy atom. The number of aliphatic imine (C=N–C) groups is 1. The minimum Gasteiger partial charge on any atom is -0.317 e. The van der Waals surface area contributed by atoms with Crippen molar-refractivity contribution >= 4 is 17.4 Å². The number of nitrogens with zero attached hydrogens (tertiary/aromatic N) is 1. The number of isothiocyanates is 1. The molecule has 5 heteroatoms. The van der Waals surface area contributed by atoms with Crippen LogP contribution in [0.4, 0.5) is 8.78 Å². The molecule has 0 aromatic rings. The highest BCUT2D eigenvalue weighted by Gasteiger charge is 2.45. The van der Waals surface area contributed by atoms with Crippen LogP contribution in [-0.4, -0.2) is 23.4 Å². The molecule has 0 unspecified atom stereocenters. The molecule has 160 valence electrons. The number of hydrogen-bond donors (Lipinski definition) is 0. The van der Waals surface area contributed by atoms with E-state index in [1.165, 1.54) is 38.5 Å². The predicted octanol–water partition coefficient (Wildman–Crippen LogP) is 7.42. The first-order chi connectivity index (χ1) is 13.5. The number of ether oxygens (including phenoxy) is 1. The van der Waals surface area contributed by atoms with Crippen molar-refractivity contribution in [3.63, 3.8) is 0 Å². The van der Waals surface area contributed by atoms with Crippen molar-refractivity contribution in [3.8, 4) is 0 Å². The third kappa shape index (κ3) is 6.06. The van der Waals surface area contributed by atoms with Gasteiger partial charge in [0.15, 0.2) is 0 Å². The van der Waals surface area contributed by atoms with Gasteiger partial charge in [-0.2, -0.15) is 8.78 Å². The Balaban J connectivity index is 1.40. The van der Waals surface area contributed by atoms with Crippen LogP contribution in [0.5, 0.6) is 0 Å². The summed E-state index contributed by atoms with van der Waals surface area (Å²) in [4.78, 5) is 4.09. The molecule has 0 amide bonds. The van der Waals surface area contributed by atoms with Crippen LogP contribution in [0.1, 0.15) is 96.8 Å². The van der Waals surface area contributed by atoms with Crippen LogP contribution >= 0.6 is 12.2 Å². The summed E-state index contributed by atoms with van der Waals surface area (Å²) in [5.41, 5.74) is 0. The molecule has 3 saturated carbocycles. The van der Waals surface area contributed by atoms with Gasteiger partial charge in [0.25, 0.3) is 0 Å². The van der Waals surface area contributed by atoms with Crippen molar-refractivity contribution in [1.82, 2.24) is 0 Å². The summed E-state index contributed by atoms with van der Waals surface area (Å²) in [7, 11) is 0. The highest BCUT2D eigenvalue weighted by atomic mass is 32.1. The monoisotopic (exact) mass is 413 g/mol. The van der Waals surface area contributed by atoms with E-state index in [0.717, 1.165) is 37.5 Å². The Labute approximate surface area is 174 Å². The Morgan fingerprint density at radius 2 is 1.46 bits per heavy atom. The number of alkyl halides is 2. The maximum atomic E-state index is 14.8. The van der Waals surface area contributed by atoms with Crippen LogP contribution in [0.25, 0.3) is 0 Å². The first-order valence-electron chi connectivity index (χ1n) is 11.6. The maximum absolute atomic E-state index is 14.8. The fourth-order valence-electron chi connectivity index (χ4n) is 5.97. The largest absolute Gasteiger partial charge is 0.358 e. The topological polar surface area (TPSA) is 21.6 Å². The second-order valence-electron chi connectivity index (χ2n) is 9.51. The van der Waals surface area contributed by atoms with Gasteiger partial charge in [-0.3, -0.25) is 0 Å². The van der Waals surface area contributed by atoms with Crippen LogP contribution < -0.4 is 0 Å². The second-order valence-corrected chi connectivity index (χ2v) is 9.69. The zero-order valence-corrected chi connectivity index (χ0v) is 18.2. The molecule has 28 heavy (non-hydrogen) atoms. The summed E-state index contributed by atoms with van der Waals surface area (Å²) in [6, 6.07) is 0.147. The van der Waals surface area contributed by atoms with Gasteiger partial charge in [0.2, 0.25) is 0 Å². The van der Waals surface area contributed by atoms with E-state index in [-0.39, 0.29) is 12.1 Å². The minimum atomic E-state index is -2.98. The van der Waals surface area contributed by atoms with Gasteiger partial charge in [-0.25, -0.2) is 4.99 Å². The molecular weight excluding hydrogens is 376 g/mol. The van der Waals surface area contributed by atoms with E-state index in [1.807, 2.05) is 0 Å². The molecule has 0 spiro atoms. The zero-order chi connectivity index (χ0) is 20.0. The lowest BCUT2D eigenvalue weighted by Gasteiger charge is -2.40. The predicted molar refractivity (Wildman–Crippen MR) is 113 cm³/mol. The molecule has 0 aliphatic heterocycles. The van der Waals surface area contributed by atoms with Gasteiger partial charge in [-0.15, -0.1) is 0 Å². The molecule has 3 rings (SSSR count). The molecule has 0 radical (unpaired) electrons. The molecule has 0 heterocycles. The maximum Gasteiger partial charge on any atom is 0.358 e.